The van der Waals surface area contributed by atoms with Crippen LogP contribution in [-0.4, -0.2) is 17.8 Å². The van der Waals surface area contributed by atoms with Crippen molar-refractivity contribution >= 4 is 17.3 Å². The first-order valence-electron chi connectivity index (χ1n) is 8.78. The maximum Gasteiger partial charge on any atom is 0.418 e. The molecule has 2 atom stereocenters. The molecule has 2 aliphatic rings. The van der Waals surface area contributed by atoms with E-state index in [-0.39, 0.29) is 10.7 Å². The number of quaternary nitrogens is 1. The number of halogens is 3. The lowest BCUT2D eigenvalue weighted by Gasteiger charge is -2.23. The van der Waals surface area contributed by atoms with Gasteiger partial charge in [-0.25, -0.2) is 4.79 Å². The van der Waals surface area contributed by atoms with Crippen molar-refractivity contribution in [3.63, 3.8) is 0 Å². The molecule has 27 heavy (non-hydrogen) atoms. The van der Waals surface area contributed by atoms with E-state index < -0.39 is 23.2 Å². The number of carbonyl (C=O) groups is 1. The van der Waals surface area contributed by atoms with Crippen LogP contribution in [0.25, 0.3) is 5.70 Å². The van der Waals surface area contributed by atoms with E-state index in [1.807, 2.05) is 0 Å². The lowest BCUT2D eigenvalue weighted by molar-refractivity contribution is -0.746. The highest BCUT2D eigenvalue weighted by molar-refractivity contribution is 5.98. The van der Waals surface area contributed by atoms with Gasteiger partial charge in [0.15, 0.2) is 11.3 Å². The Hall–Kier alpha value is -2.72. The van der Waals surface area contributed by atoms with E-state index in [1.54, 1.807) is 30.3 Å². The third-order valence-electron chi connectivity index (χ3n) is 4.77. The first-order valence-corrected chi connectivity index (χ1v) is 8.78. The Balaban J connectivity index is 2.14. The molecule has 1 aliphatic carbocycles. The number of hydrogen-bond acceptors (Lipinski definition) is 3. The number of amides is 1. The number of nitriles is 1. The van der Waals surface area contributed by atoms with E-state index in [0.29, 0.717) is 24.3 Å². The Morgan fingerprint density at radius 3 is 2.56 bits per heavy atom. The zero-order valence-electron chi connectivity index (χ0n) is 14.8. The van der Waals surface area contributed by atoms with Crippen molar-refractivity contribution < 1.29 is 23.0 Å². The van der Waals surface area contributed by atoms with Crippen LogP contribution in [0.1, 0.15) is 38.2 Å². The molecule has 1 aromatic carbocycles. The Bertz CT molecular complexity index is 876. The summed E-state index contributed by atoms with van der Waals surface area (Å²) in [4.78, 5) is 12.8. The highest BCUT2D eigenvalue weighted by Gasteiger charge is 2.46. The van der Waals surface area contributed by atoms with Crippen LogP contribution in [0.5, 0.6) is 0 Å². The van der Waals surface area contributed by atoms with Crippen molar-refractivity contribution in [1.29, 1.82) is 5.26 Å². The third kappa shape index (κ3) is 4.01. The fourth-order valence-corrected chi connectivity index (χ4v) is 3.45. The standard InChI is InChI=1S/C20H18F3N3O/c1-13-6-5-9-15(10-13)25-26-18(14-7-3-2-4-8-14)11-17(20(21,22)23)16(12-24)19(26)27/h2-4,7-8,11,13H,5-6,9-10H2,1H3/p+1. The second-order valence-corrected chi connectivity index (χ2v) is 6.88. The van der Waals surface area contributed by atoms with Crippen LogP contribution in [0.3, 0.4) is 0 Å². The first kappa shape index (κ1) is 19.1. The van der Waals surface area contributed by atoms with Crippen LogP contribution in [0.15, 0.2) is 52.7 Å². The van der Waals surface area contributed by atoms with Gasteiger partial charge < -0.3 is 0 Å². The van der Waals surface area contributed by atoms with Crippen molar-refractivity contribution in [2.45, 2.75) is 38.8 Å². The molecule has 1 amide bonds. The van der Waals surface area contributed by atoms with E-state index in [0.717, 1.165) is 24.6 Å². The van der Waals surface area contributed by atoms with Gasteiger partial charge in [-0.2, -0.15) is 18.4 Å². The van der Waals surface area contributed by atoms with Gasteiger partial charge in [0.05, 0.1) is 11.3 Å². The summed E-state index contributed by atoms with van der Waals surface area (Å²) in [6.07, 6.45) is -0.511. The molecular weight excluding hydrogens is 355 g/mol. The van der Waals surface area contributed by atoms with Crippen molar-refractivity contribution in [2.24, 2.45) is 11.0 Å². The summed E-state index contributed by atoms with van der Waals surface area (Å²) in [5, 5.41) is 13.6. The molecule has 0 aromatic heterocycles. The fraction of sp³-hybridized carbons (Fsp3) is 0.350. The summed E-state index contributed by atoms with van der Waals surface area (Å²) in [5.74, 6) is -0.547. The monoisotopic (exact) mass is 374 g/mol. The molecule has 3 rings (SSSR count). The van der Waals surface area contributed by atoms with Crippen molar-refractivity contribution in [3.05, 3.63) is 53.1 Å². The lowest BCUT2D eigenvalue weighted by atomic mass is 9.89. The van der Waals surface area contributed by atoms with Crippen molar-refractivity contribution in [1.82, 2.24) is 0 Å². The summed E-state index contributed by atoms with van der Waals surface area (Å²) in [5.41, 5.74) is -0.739. The van der Waals surface area contributed by atoms with E-state index >= 15 is 0 Å². The summed E-state index contributed by atoms with van der Waals surface area (Å²) in [7, 11) is 0. The Morgan fingerprint density at radius 1 is 1.26 bits per heavy atom. The van der Waals surface area contributed by atoms with Crippen molar-refractivity contribution in [3.8, 4) is 6.07 Å². The highest BCUT2D eigenvalue weighted by atomic mass is 19.4. The van der Waals surface area contributed by atoms with Crippen molar-refractivity contribution in [2.75, 3.05) is 0 Å². The Kier molecular flexibility index (Phi) is 5.29. The minimum atomic E-state index is -4.79. The average molecular weight is 374 g/mol. The highest BCUT2D eigenvalue weighted by Crippen LogP contribution is 2.32. The number of nitrogens with one attached hydrogen (secondary N) is 1. The Morgan fingerprint density at radius 2 is 1.96 bits per heavy atom. The molecular formula is C20H19F3N3O+. The number of hydrogen-bond donors (Lipinski definition) is 1. The van der Waals surface area contributed by atoms with Crippen LogP contribution < -0.4 is 5.01 Å². The van der Waals surface area contributed by atoms with E-state index in [2.05, 4.69) is 12.0 Å². The van der Waals surface area contributed by atoms with Gasteiger partial charge in [-0.3, -0.25) is 0 Å². The van der Waals surface area contributed by atoms with Crippen LogP contribution in [0, 0.1) is 17.2 Å². The van der Waals surface area contributed by atoms with Gasteiger partial charge in [0.25, 0.3) is 0 Å². The predicted octanol–water partition coefficient (Wildman–Crippen LogP) is 3.40. The molecule has 2 unspecified atom stereocenters. The molecule has 0 radical (unpaired) electrons. The van der Waals surface area contributed by atoms with E-state index in [4.69, 9.17) is 0 Å². The third-order valence-corrected chi connectivity index (χ3v) is 4.77. The van der Waals surface area contributed by atoms with Gasteiger partial charge >= 0.3 is 12.1 Å². The van der Waals surface area contributed by atoms with Gasteiger partial charge in [-0.15, -0.1) is 5.01 Å². The second kappa shape index (κ2) is 7.49. The summed E-state index contributed by atoms with van der Waals surface area (Å²) >= 11 is 0. The fourth-order valence-electron chi connectivity index (χ4n) is 3.45. The topological polar surface area (TPSA) is 57.7 Å². The normalized spacial score (nSPS) is 25.4. The molecule has 0 bridgehead atoms. The van der Waals surface area contributed by atoms with Crippen LogP contribution in [0.2, 0.25) is 0 Å². The molecule has 0 spiro atoms. The van der Waals surface area contributed by atoms with Gasteiger partial charge in [-0.05, 0) is 43.7 Å². The molecule has 1 aliphatic heterocycles. The molecule has 140 valence electrons. The number of allylic oxidation sites excluding steroid dienone is 2. The zero-order chi connectivity index (χ0) is 19.6. The molecule has 1 saturated carbocycles. The smallest absolute Gasteiger partial charge is 0.222 e. The largest absolute Gasteiger partial charge is 0.418 e. The molecule has 1 heterocycles. The van der Waals surface area contributed by atoms with Gasteiger partial charge in [0.1, 0.15) is 6.07 Å². The van der Waals surface area contributed by atoms with Gasteiger partial charge in [-0.1, -0.05) is 30.2 Å². The summed E-state index contributed by atoms with van der Waals surface area (Å²) < 4.78 is 40.3. The minimum Gasteiger partial charge on any atom is -0.222 e. The quantitative estimate of drug-likeness (QED) is 0.863. The SMILES string of the molecule is CC1CCCC(=N[NH+]2C(=O)C(C#N)=C(C(F)(F)F)C=C2c2ccccc2)C1. The summed E-state index contributed by atoms with van der Waals surface area (Å²) in [6, 6.07) is 9.81. The summed E-state index contributed by atoms with van der Waals surface area (Å²) in [6.45, 7) is 2.08. The first-order chi connectivity index (χ1) is 12.8. The van der Waals surface area contributed by atoms with Crippen LogP contribution >= 0.6 is 0 Å². The number of carbonyl (C=O) groups excluding carboxylic acids is 1. The molecule has 4 nitrogen and oxygen atoms in total. The maximum atomic E-state index is 13.4. The van der Waals surface area contributed by atoms with Gasteiger partial charge in [0, 0.05) is 11.6 Å². The number of benzene rings is 1. The lowest BCUT2D eigenvalue weighted by Crippen LogP contribution is -3.08. The average Bonchev–Trinajstić information content (AvgIpc) is 2.63. The maximum absolute atomic E-state index is 13.4. The molecule has 1 N–H and O–H groups in total. The number of nitrogens with zero attached hydrogens (tertiary/aromatic N) is 2. The molecule has 0 saturated heterocycles. The van der Waals surface area contributed by atoms with Crippen LogP contribution in [-0.2, 0) is 4.79 Å². The predicted molar refractivity (Wildman–Crippen MR) is 94.1 cm³/mol. The molecule has 1 aromatic rings. The molecule has 1 fully saturated rings. The van der Waals surface area contributed by atoms with E-state index in [1.165, 1.54) is 6.07 Å². The van der Waals surface area contributed by atoms with E-state index in [9.17, 15) is 23.2 Å². The number of alkyl halides is 3. The van der Waals surface area contributed by atoms with Gasteiger partial charge in [0.2, 0.25) is 0 Å². The molecule has 7 heteroatoms. The number of rotatable bonds is 2. The van der Waals surface area contributed by atoms with Crippen LogP contribution in [0.4, 0.5) is 13.2 Å². The zero-order valence-corrected chi connectivity index (χ0v) is 14.8. The minimum absolute atomic E-state index is 0.0742. The second-order valence-electron chi connectivity index (χ2n) is 6.88. The Labute approximate surface area is 155 Å².